The fourth-order valence-corrected chi connectivity index (χ4v) is 1.89. The van der Waals surface area contributed by atoms with Crippen LogP contribution in [0.4, 0.5) is 10.1 Å². The number of hydrogen-bond acceptors (Lipinski definition) is 1. The summed E-state index contributed by atoms with van der Waals surface area (Å²) in [6.45, 7) is 5.01. The van der Waals surface area contributed by atoms with E-state index in [2.05, 4.69) is 12.2 Å². The first kappa shape index (κ1) is 14.0. The van der Waals surface area contributed by atoms with Crippen molar-refractivity contribution in [2.24, 2.45) is 0 Å². The Balaban J connectivity index is 2.11. The van der Waals surface area contributed by atoms with E-state index in [0.29, 0.717) is 5.56 Å². The molecule has 0 atom stereocenters. The van der Waals surface area contributed by atoms with Crippen molar-refractivity contribution in [3.63, 3.8) is 0 Å². The van der Waals surface area contributed by atoms with Crippen molar-refractivity contribution in [2.75, 3.05) is 11.9 Å². The molecular formula is C15H24FN. The summed E-state index contributed by atoms with van der Waals surface area (Å²) in [5.41, 5.74) is 1.73. The summed E-state index contributed by atoms with van der Waals surface area (Å²) in [5.74, 6) is -0.130. The van der Waals surface area contributed by atoms with E-state index in [1.807, 2.05) is 6.07 Å². The average Bonchev–Trinajstić information content (AvgIpc) is 2.32. The van der Waals surface area contributed by atoms with E-state index < -0.39 is 0 Å². The number of hydrogen-bond donors (Lipinski definition) is 1. The Morgan fingerprint density at radius 2 is 1.76 bits per heavy atom. The Hall–Kier alpha value is -1.05. The molecule has 0 spiro atoms. The molecule has 0 bridgehead atoms. The van der Waals surface area contributed by atoms with Crippen molar-refractivity contribution in [1.82, 2.24) is 0 Å². The SMILES string of the molecule is CCCCCCCCNc1ccc(F)c(C)c1. The molecule has 17 heavy (non-hydrogen) atoms. The molecule has 1 nitrogen and oxygen atoms in total. The Morgan fingerprint density at radius 3 is 2.47 bits per heavy atom. The van der Waals surface area contributed by atoms with E-state index in [-0.39, 0.29) is 5.82 Å². The molecule has 1 N–H and O–H groups in total. The molecule has 0 unspecified atom stereocenters. The highest BCUT2D eigenvalue weighted by molar-refractivity contribution is 5.45. The Kier molecular flexibility index (Phi) is 6.68. The summed E-state index contributed by atoms with van der Waals surface area (Å²) < 4.78 is 13.0. The summed E-state index contributed by atoms with van der Waals surface area (Å²) in [6.07, 6.45) is 7.81. The largest absolute Gasteiger partial charge is 0.385 e. The predicted octanol–water partition coefficient (Wildman–Crippen LogP) is 4.91. The zero-order valence-corrected chi connectivity index (χ0v) is 11.1. The Morgan fingerprint density at radius 1 is 1.06 bits per heavy atom. The van der Waals surface area contributed by atoms with Crippen molar-refractivity contribution < 1.29 is 4.39 Å². The maximum absolute atomic E-state index is 13.0. The maximum atomic E-state index is 13.0. The summed E-state index contributed by atoms with van der Waals surface area (Å²) in [5, 5.41) is 3.34. The first-order valence-electron chi connectivity index (χ1n) is 6.74. The fraction of sp³-hybridized carbons (Fsp3) is 0.600. The molecule has 0 aliphatic rings. The number of unbranched alkanes of at least 4 members (excludes halogenated alkanes) is 5. The Bertz CT molecular complexity index is 323. The molecule has 2 heteroatoms. The van der Waals surface area contributed by atoms with Crippen molar-refractivity contribution in [3.8, 4) is 0 Å². The molecule has 0 aromatic heterocycles. The lowest BCUT2D eigenvalue weighted by Gasteiger charge is -2.07. The third kappa shape index (κ3) is 5.71. The molecule has 1 aromatic carbocycles. The fourth-order valence-electron chi connectivity index (χ4n) is 1.89. The second kappa shape index (κ2) is 8.10. The van der Waals surface area contributed by atoms with Crippen LogP contribution in [-0.4, -0.2) is 6.54 Å². The van der Waals surface area contributed by atoms with Gasteiger partial charge >= 0.3 is 0 Å². The van der Waals surface area contributed by atoms with Crippen LogP contribution in [0.3, 0.4) is 0 Å². The van der Waals surface area contributed by atoms with E-state index >= 15 is 0 Å². The predicted molar refractivity (Wildman–Crippen MR) is 73.0 cm³/mol. The van der Waals surface area contributed by atoms with Crippen LogP contribution in [0.1, 0.15) is 51.0 Å². The van der Waals surface area contributed by atoms with E-state index in [4.69, 9.17) is 0 Å². The van der Waals surface area contributed by atoms with E-state index in [1.165, 1.54) is 44.6 Å². The molecule has 1 rings (SSSR count). The normalized spacial score (nSPS) is 10.5. The summed E-state index contributed by atoms with van der Waals surface area (Å²) in [7, 11) is 0. The van der Waals surface area contributed by atoms with Crippen molar-refractivity contribution >= 4 is 5.69 Å². The molecule has 1 aromatic rings. The van der Waals surface area contributed by atoms with Crippen LogP contribution in [0, 0.1) is 12.7 Å². The van der Waals surface area contributed by atoms with Gasteiger partial charge in [-0.2, -0.15) is 0 Å². The topological polar surface area (TPSA) is 12.0 Å². The molecular weight excluding hydrogens is 213 g/mol. The highest BCUT2D eigenvalue weighted by atomic mass is 19.1. The molecule has 0 heterocycles. The minimum atomic E-state index is -0.130. The van der Waals surface area contributed by atoms with Crippen molar-refractivity contribution in [3.05, 3.63) is 29.6 Å². The van der Waals surface area contributed by atoms with Gasteiger partial charge < -0.3 is 5.32 Å². The molecule has 0 fully saturated rings. The van der Waals surface area contributed by atoms with Gasteiger partial charge in [0, 0.05) is 12.2 Å². The highest BCUT2D eigenvalue weighted by Gasteiger charge is 1.98. The van der Waals surface area contributed by atoms with Gasteiger partial charge in [-0.3, -0.25) is 0 Å². The van der Waals surface area contributed by atoms with E-state index in [9.17, 15) is 4.39 Å². The first-order chi connectivity index (χ1) is 8.24. The second-order valence-electron chi connectivity index (χ2n) is 4.66. The number of benzene rings is 1. The van der Waals surface area contributed by atoms with Gasteiger partial charge in [0.1, 0.15) is 5.82 Å². The highest BCUT2D eigenvalue weighted by Crippen LogP contribution is 2.14. The number of halogens is 1. The summed E-state index contributed by atoms with van der Waals surface area (Å²) in [4.78, 5) is 0. The maximum Gasteiger partial charge on any atom is 0.126 e. The van der Waals surface area contributed by atoms with Crippen LogP contribution in [0.5, 0.6) is 0 Å². The van der Waals surface area contributed by atoms with Crippen LogP contribution in [0.15, 0.2) is 18.2 Å². The smallest absolute Gasteiger partial charge is 0.126 e. The quantitative estimate of drug-likeness (QED) is 0.634. The molecule has 96 valence electrons. The molecule has 0 saturated heterocycles. The average molecular weight is 237 g/mol. The standard InChI is InChI=1S/C15H24FN/c1-3-4-5-6-7-8-11-17-14-9-10-15(16)13(2)12-14/h9-10,12,17H,3-8,11H2,1-2H3. The van der Waals surface area contributed by atoms with Crippen molar-refractivity contribution in [1.29, 1.82) is 0 Å². The number of aryl methyl sites for hydroxylation is 1. The van der Waals surface area contributed by atoms with Gasteiger partial charge in [-0.05, 0) is 37.1 Å². The minimum Gasteiger partial charge on any atom is -0.385 e. The third-order valence-corrected chi connectivity index (χ3v) is 3.02. The van der Waals surface area contributed by atoms with Gasteiger partial charge in [-0.25, -0.2) is 4.39 Å². The van der Waals surface area contributed by atoms with Gasteiger partial charge in [0.25, 0.3) is 0 Å². The van der Waals surface area contributed by atoms with E-state index in [0.717, 1.165) is 12.2 Å². The first-order valence-corrected chi connectivity index (χ1v) is 6.74. The van der Waals surface area contributed by atoms with Crippen LogP contribution in [0.2, 0.25) is 0 Å². The third-order valence-electron chi connectivity index (χ3n) is 3.02. The van der Waals surface area contributed by atoms with Gasteiger partial charge in [-0.1, -0.05) is 39.0 Å². The molecule has 0 aliphatic carbocycles. The minimum absolute atomic E-state index is 0.130. The lowest BCUT2D eigenvalue weighted by Crippen LogP contribution is -2.01. The summed E-state index contributed by atoms with van der Waals surface area (Å²) >= 11 is 0. The number of nitrogens with one attached hydrogen (secondary N) is 1. The molecule has 0 radical (unpaired) electrons. The number of anilines is 1. The summed E-state index contributed by atoms with van der Waals surface area (Å²) in [6, 6.07) is 5.20. The van der Waals surface area contributed by atoms with Crippen LogP contribution < -0.4 is 5.32 Å². The molecule has 0 amide bonds. The lowest BCUT2D eigenvalue weighted by molar-refractivity contribution is 0.615. The van der Waals surface area contributed by atoms with Gasteiger partial charge in [0.2, 0.25) is 0 Å². The number of rotatable bonds is 8. The van der Waals surface area contributed by atoms with Gasteiger partial charge in [0.15, 0.2) is 0 Å². The van der Waals surface area contributed by atoms with Crippen molar-refractivity contribution in [2.45, 2.75) is 52.4 Å². The van der Waals surface area contributed by atoms with Crippen LogP contribution in [-0.2, 0) is 0 Å². The molecule has 0 saturated carbocycles. The van der Waals surface area contributed by atoms with E-state index in [1.54, 1.807) is 13.0 Å². The second-order valence-corrected chi connectivity index (χ2v) is 4.66. The Labute approximate surface area is 104 Å². The van der Waals surface area contributed by atoms with Crippen LogP contribution >= 0.6 is 0 Å². The monoisotopic (exact) mass is 237 g/mol. The van der Waals surface area contributed by atoms with Gasteiger partial charge in [-0.15, -0.1) is 0 Å². The molecule has 0 aliphatic heterocycles. The van der Waals surface area contributed by atoms with Crippen LogP contribution in [0.25, 0.3) is 0 Å². The lowest BCUT2D eigenvalue weighted by atomic mass is 10.1. The van der Waals surface area contributed by atoms with Gasteiger partial charge in [0.05, 0.1) is 0 Å². The zero-order valence-electron chi connectivity index (χ0n) is 11.1. The zero-order chi connectivity index (χ0) is 12.5.